The molecule has 2 aliphatic rings. The molecular weight excluding hydrogens is 402 g/mol. The molecule has 3 rings (SSSR count). The first-order valence-electron chi connectivity index (χ1n) is 9.33. The highest BCUT2D eigenvalue weighted by molar-refractivity contribution is 8.00. The van der Waals surface area contributed by atoms with Crippen LogP contribution >= 0.6 is 11.8 Å². The number of sulfonamides is 1. The van der Waals surface area contributed by atoms with Crippen LogP contribution in [0.25, 0.3) is 0 Å². The molecular formula is C18H25N3O5S2. The summed E-state index contributed by atoms with van der Waals surface area (Å²) in [5.41, 5.74) is 0.527. The predicted molar refractivity (Wildman–Crippen MR) is 107 cm³/mol. The number of hydrogen-bond acceptors (Lipinski definition) is 6. The third kappa shape index (κ3) is 4.98. The van der Waals surface area contributed by atoms with Crippen molar-refractivity contribution >= 4 is 39.5 Å². The van der Waals surface area contributed by atoms with Gasteiger partial charge in [-0.3, -0.25) is 4.79 Å². The van der Waals surface area contributed by atoms with Crippen LogP contribution in [-0.4, -0.2) is 56.3 Å². The maximum absolute atomic E-state index is 12.8. The van der Waals surface area contributed by atoms with E-state index in [4.69, 9.17) is 4.74 Å². The fraction of sp³-hybridized carbons (Fsp3) is 0.556. The first-order chi connectivity index (χ1) is 13.3. The number of likely N-dealkylation sites (tertiary alicyclic amines) is 1. The van der Waals surface area contributed by atoms with Crippen LogP contribution in [-0.2, 0) is 19.6 Å². The molecule has 0 radical (unpaired) electrons. The van der Waals surface area contributed by atoms with E-state index in [-0.39, 0.29) is 28.2 Å². The van der Waals surface area contributed by atoms with Gasteiger partial charge in [-0.25, -0.2) is 17.9 Å². The monoisotopic (exact) mass is 427 g/mol. The van der Waals surface area contributed by atoms with Crippen molar-refractivity contribution in [1.82, 2.24) is 9.62 Å². The predicted octanol–water partition coefficient (Wildman–Crippen LogP) is 2.41. The normalized spacial score (nSPS) is 20.9. The van der Waals surface area contributed by atoms with Gasteiger partial charge in [-0.2, -0.15) is 0 Å². The minimum absolute atomic E-state index is 0.118. The number of carbonyl (C=O) groups is 2. The van der Waals surface area contributed by atoms with Crippen LogP contribution < -0.4 is 10.0 Å². The van der Waals surface area contributed by atoms with Crippen LogP contribution in [0.1, 0.15) is 33.1 Å². The highest BCUT2D eigenvalue weighted by Gasteiger charge is 2.28. The molecule has 1 aromatic rings. The number of fused-ring (bicyclic) bond motifs is 1. The second-order valence-electron chi connectivity index (χ2n) is 6.92. The lowest BCUT2D eigenvalue weighted by Gasteiger charge is -2.31. The van der Waals surface area contributed by atoms with Crippen molar-refractivity contribution in [2.24, 2.45) is 0 Å². The van der Waals surface area contributed by atoms with E-state index >= 15 is 0 Å². The van der Waals surface area contributed by atoms with E-state index in [0.29, 0.717) is 44.6 Å². The summed E-state index contributed by atoms with van der Waals surface area (Å²) in [6.07, 6.45) is 1.07. The van der Waals surface area contributed by atoms with Gasteiger partial charge in [0.15, 0.2) is 0 Å². The first kappa shape index (κ1) is 20.9. The summed E-state index contributed by atoms with van der Waals surface area (Å²) in [5, 5.41) is 2.92. The number of piperidine rings is 1. The number of benzene rings is 1. The third-order valence-electron chi connectivity index (χ3n) is 4.68. The van der Waals surface area contributed by atoms with Crippen LogP contribution in [0.2, 0.25) is 0 Å². The maximum Gasteiger partial charge on any atom is 0.409 e. The van der Waals surface area contributed by atoms with Crippen molar-refractivity contribution in [3.8, 4) is 0 Å². The van der Waals surface area contributed by atoms with Gasteiger partial charge in [-0.1, -0.05) is 6.92 Å². The van der Waals surface area contributed by atoms with Crippen molar-refractivity contribution in [3.63, 3.8) is 0 Å². The third-order valence-corrected chi connectivity index (χ3v) is 7.38. The Hall–Kier alpha value is -1.78. The minimum atomic E-state index is -3.73. The Labute approximate surface area is 169 Å². The second-order valence-corrected chi connectivity index (χ2v) is 10.1. The van der Waals surface area contributed by atoms with Gasteiger partial charge in [-0.15, -0.1) is 11.8 Å². The van der Waals surface area contributed by atoms with E-state index in [0.717, 1.165) is 4.90 Å². The van der Waals surface area contributed by atoms with Crippen LogP contribution in [0, 0.1) is 0 Å². The van der Waals surface area contributed by atoms with Crippen molar-refractivity contribution < 1.29 is 22.7 Å². The number of hydrogen-bond donors (Lipinski definition) is 2. The Morgan fingerprint density at radius 1 is 1.36 bits per heavy atom. The van der Waals surface area contributed by atoms with E-state index in [1.165, 1.54) is 6.07 Å². The average molecular weight is 428 g/mol. The molecule has 2 amide bonds. The highest BCUT2D eigenvalue weighted by Crippen LogP contribution is 2.36. The van der Waals surface area contributed by atoms with E-state index < -0.39 is 10.0 Å². The molecule has 2 aliphatic heterocycles. The summed E-state index contributed by atoms with van der Waals surface area (Å²) in [6, 6.07) is 4.55. The lowest BCUT2D eigenvalue weighted by Crippen LogP contribution is -2.46. The summed E-state index contributed by atoms with van der Waals surface area (Å²) >= 11 is 1.55. The Bertz CT molecular complexity index is 851. The van der Waals surface area contributed by atoms with Crippen molar-refractivity contribution in [2.75, 3.05) is 25.0 Å². The van der Waals surface area contributed by atoms with Crippen molar-refractivity contribution in [2.45, 2.75) is 54.2 Å². The van der Waals surface area contributed by atoms with Crippen LogP contribution in [0.15, 0.2) is 28.0 Å². The zero-order valence-electron chi connectivity index (χ0n) is 15.9. The van der Waals surface area contributed by atoms with E-state index in [1.807, 2.05) is 6.92 Å². The Kier molecular flexibility index (Phi) is 6.51. The number of anilines is 1. The first-order valence-corrected chi connectivity index (χ1v) is 11.7. The van der Waals surface area contributed by atoms with Gasteiger partial charge in [0, 0.05) is 35.7 Å². The summed E-state index contributed by atoms with van der Waals surface area (Å²) in [7, 11) is -3.73. The fourth-order valence-electron chi connectivity index (χ4n) is 3.28. The average Bonchev–Trinajstić information content (AvgIpc) is 2.77. The number of carbonyl (C=O) groups excluding carboxylic acids is 2. The smallest absolute Gasteiger partial charge is 0.409 e. The van der Waals surface area contributed by atoms with Gasteiger partial charge in [0.05, 0.1) is 17.2 Å². The van der Waals surface area contributed by atoms with Gasteiger partial charge < -0.3 is 15.0 Å². The van der Waals surface area contributed by atoms with Crippen molar-refractivity contribution in [3.05, 3.63) is 18.2 Å². The Balaban J connectivity index is 1.67. The zero-order valence-corrected chi connectivity index (χ0v) is 17.6. The molecule has 1 fully saturated rings. The molecule has 1 atom stereocenters. The molecule has 0 aromatic heterocycles. The number of ether oxygens (including phenoxy) is 1. The topological polar surface area (TPSA) is 105 Å². The number of amides is 2. The maximum atomic E-state index is 12.8. The molecule has 2 N–H and O–H groups in total. The molecule has 0 spiro atoms. The van der Waals surface area contributed by atoms with Gasteiger partial charge >= 0.3 is 6.09 Å². The SMILES string of the molecule is CCOC(=O)N1CCC(NS(=O)(=O)c2ccc3c(c2)NC(=O)C[C@@H](C)S3)CC1. The summed E-state index contributed by atoms with van der Waals surface area (Å²) in [6.45, 7) is 4.92. The zero-order chi connectivity index (χ0) is 20.3. The molecule has 0 bridgehead atoms. The molecule has 154 valence electrons. The van der Waals surface area contributed by atoms with Gasteiger partial charge in [-0.05, 0) is 38.0 Å². The molecule has 0 aliphatic carbocycles. The van der Waals surface area contributed by atoms with Crippen LogP contribution in [0.4, 0.5) is 10.5 Å². The van der Waals surface area contributed by atoms with Gasteiger partial charge in [0.25, 0.3) is 0 Å². The summed E-state index contributed by atoms with van der Waals surface area (Å²) in [4.78, 5) is 26.3. The summed E-state index contributed by atoms with van der Waals surface area (Å²) in [5.74, 6) is -0.118. The number of rotatable bonds is 4. The minimum Gasteiger partial charge on any atom is -0.450 e. The highest BCUT2D eigenvalue weighted by atomic mass is 32.2. The molecule has 28 heavy (non-hydrogen) atoms. The number of thioether (sulfide) groups is 1. The molecule has 2 heterocycles. The number of nitrogens with one attached hydrogen (secondary N) is 2. The number of nitrogens with zero attached hydrogens (tertiary/aromatic N) is 1. The molecule has 10 heteroatoms. The Morgan fingerprint density at radius 2 is 2.07 bits per heavy atom. The van der Waals surface area contributed by atoms with E-state index in [2.05, 4.69) is 10.0 Å². The molecule has 1 saturated heterocycles. The standard InChI is InChI=1S/C18H25N3O5S2/c1-3-26-18(23)21-8-6-13(7-9-21)20-28(24,25)14-4-5-16-15(11-14)19-17(22)10-12(2)27-16/h4-5,11-13,20H,3,6-10H2,1-2H3,(H,19,22)/t12-/m1/s1. The van der Waals surface area contributed by atoms with Crippen LogP contribution in [0.3, 0.4) is 0 Å². The van der Waals surface area contributed by atoms with Gasteiger partial charge in [0.2, 0.25) is 15.9 Å². The lowest BCUT2D eigenvalue weighted by atomic mass is 10.1. The summed E-state index contributed by atoms with van der Waals surface area (Å²) < 4.78 is 33.3. The Morgan fingerprint density at radius 3 is 2.75 bits per heavy atom. The fourth-order valence-corrected chi connectivity index (χ4v) is 5.66. The van der Waals surface area contributed by atoms with E-state index in [1.54, 1.807) is 35.7 Å². The molecule has 8 nitrogen and oxygen atoms in total. The molecule has 1 aromatic carbocycles. The quantitative estimate of drug-likeness (QED) is 0.765. The van der Waals surface area contributed by atoms with Crippen LogP contribution in [0.5, 0.6) is 0 Å². The van der Waals surface area contributed by atoms with Crippen molar-refractivity contribution in [1.29, 1.82) is 0 Å². The second kappa shape index (κ2) is 8.71. The molecule has 0 saturated carbocycles. The molecule has 0 unspecified atom stereocenters. The van der Waals surface area contributed by atoms with E-state index in [9.17, 15) is 18.0 Å². The van der Waals surface area contributed by atoms with Gasteiger partial charge in [0.1, 0.15) is 0 Å². The largest absolute Gasteiger partial charge is 0.450 e. The lowest BCUT2D eigenvalue weighted by molar-refractivity contribution is -0.116.